The summed E-state index contributed by atoms with van der Waals surface area (Å²) in [5.41, 5.74) is 3.59. The van der Waals surface area contributed by atoms with E-state index in [-0.39, 0.29) is 0 Å². The molecule has 0 radical (unpaired) electrons. The van der Waals surface area contributed by atoms with Crippen LogP contribution in [0.2, 0.25) is 0 Å². The molecule has 1 aliphatic rings. The van der Waals surface area contributed by atoms with Crippen LogP contribution in [0.4, 0.5) is 0 Å². The van der Waals surface area contributed by atoms with Crippen LogP contribution in [0.15, 0.2) is 24.4 Å². The van der Waals surface area contributed by atoms with Crippen LogP contribution in [0.1, 0.15) is 49.3 Å². The minimum atomic E-state index is 0.369. The summed E-state index contributed by atoms with van der Waals surface area (Å²) in [6.07, 6.45) is 2.96. The normalized spacial score (nSPS) is 14.4. The van der Waals surface area contributed by atoms with E-state index in [0.29, 0.717) is 12.5 Å². The molecule has 0 spiro atoms. The van der Waals surface area contributed by atoms with Gasteiger partial charge in [-0.25, -0.2) is 9.97 Å². The number of hydrogen-bond donors (Lipinski definition) is 0. The van der Waals surface area contributed by atoms with Crippen LogP contribution in [0.5, 0.6) is 11.5 Å². The Morgan fingerprint density at radius 1 is 1.28 bits per heavy atom. The monoisotopic (exact) mass is 341 g/mol. The van der Waals surface area contributed by atoms with Crippen LogP contribution >= 0.6 is 0 Å². The number of para-hydroxylation sites is 1. The number of rotatable bonds is 6. The zero-order chi connectivity index (χ0) is 17.8. The topological polar surface area (TPSA) is 47.5 Å². The smallest absolute Gasteiger partial charge is 0.165 e. The van der Waals surface area contributed by atoms with Crippen molar-refractivity contribution in [1.29, 1.82) is 0 Å². The van der Waals surface area contributed by atoms with Crippen LogP contribution in [-0.2, 0) is 19.5 Å². The molecule has 2 aromatic rings. The number of hydrogen-bond acceptors (Lipinski definition) is 5. The zero-order valence-electron chi connectivity index (χ0n) is 15.6. The Morgan fingerprint density at radius 2 is 2.12 bits per heavy atom. The Bertz CT molecular complexity index is 731. The molecule has 0 N–H and O–H groups in total. The molecule has 3 rings (SSSR count). The quantitative estimate of drug-likeness (QED) is 0.804. The number of methoxy groups -OCH3 is 1. The Morgan fingerprint density at radius 3 is 2.84 bits per heavy atom. The van der Waals surface area contributed by atoms with Crippen molar-refractivity contribution in [2.75, 3.05) is 20.3 Å². The van der Waals surface area contributed by atoms with Gasteiger partial charge < -0.3 is 9.47 Å². The Labute approximate surface area is 150 Å². The summed E-state index contributed by atoms with van der Waals surface area (Å²) in [6.45, 7) is 9.58. The number of fused-ring (bicyclic) bond motifs is 1. The summed E-state index contributed by atoms with van der Waals surface area (Å²) in [6, 6.07) is 6.08. The molecule has 0 saturated heterocycles. The molecule has 134 valence electrons. The van der Waals surface area contributed by atoms with Crippen LogP contribution in [0, 0.1) is 0 Å². The predicted octanol–water partition coefficient (Wildman–Crippen LogP) is 3.57. The van der Waals surface area contributed by atoms with E-state index in [1.54, 1.807) is 7.11 Å². The first-order chi connectivity index (χ1) is 12.1. The lowest BCUT2D eigenvalue weighted by molar-refractivity contribution is 0.234. The van der Waals surface area contributed by atoms with E-state index in [2.05, 4.69) is 29.8 Å². The lowest BCUT2D eigenvalue weighted by atomic mass is 10.0. The Hall–Kier alpha value is -2.14. The average Bonchev–Trinajstić information content (AvgIpc) is 2.62. The minimum Gasteiger partial charge on any atom is -0.493 e. The van der Waals surface area contributed by atoms with Crippen molar-refractivity contribution < 1.29 is 9.47 Å². The van der Waals surface area contributed by atoms with Crippen molar-refractivity contribution in [3.05, 3.63) is 47.0 Å². The van der Waals surface area contributed by atoms with Gasteiger partial charge in [-0.2, -0.15) is 0 Å². The Balaban J connectivity index is 1.77. The molecule has 0 fully saturated rings. The fourth-order valence-electron chi connectivity index (χ4n) is 3.20. The highest BCUT2D eigenvalue weighted by molar-refractivity contribution is 5.46. The van der Waals surface area contributed by atoms with Gasteiger partial charge in [0.2, 0.25) is 0 Å². The number of benzene rings is 1. The molecule has 2 heterocycles. The molecule has 0 bridgehead atoms. The van der Waals surface area contributed by atoms with Crippen molar-refractivity contribution in [2.45, 2.75) is 46.2 Å². The average molecular weight is 341 g/mol. The minimum absolute atomic E-state index is 0.369. The molecule has 0 atom stereocenters. The maximum atomic E-state index is 5.84. The van der Waals surface area contributed by atoms with E-state index in [1.807, 2.05) is 25.3 Å². The molecular weight excluding hydrogens is 314 g/mol. The van der Waals surface area contributed by atoms with E-state index in [0.717, 1.165) is 48.9 Å². The first-order valence-electron chi connectivity index (χ1n) is 8.98. The number of ether oxygens (including phenoxy) is 2. The van der Waals surface area contributed by atoms with E-state index in [4.69, 9.17) is 14.5 Å². The lowest BCUT2D eigenvalue weighted by Gasteiger charge is -2.29. The van der Waals surface area contributed by atoms with Crippen molar-refractivity contribution in [3.63, 3.8) is 0 Å². The van der Waals surface area contributed by atoms with Gasteiger partial charge in [-0.3, -0.25) is 4.90 Å². The third kappa shape index (κ3) is 3.93. The van der Waals surface area contributed by atoms with Crippen LogP contribution < -0.4 is 9.47 Å². The van der Waals surface area contributed by atoms with Gasteiger partial charge in [0.05, 0.1) is 13.7 Å². The second kappa shape index (κ2) is 7.83. The summed E-state index contributed by atoms with van der Waals surface area (Å²) in [5.74, 6) is 2.96. The largest absolute Gasteiger partial charge is 0.493 e. The first-order valence-corrected chi connectivity index (χ1v) is 8.98. The summed E-state index contributed by atoms with van der Waals surface area (Å²) in [4.78, 5) is 11.7. The Kier molecular flexibility index (Phi) is 5.53. The first kappa shape index (κ1) is 17.7. The van der Waals surface area contributed by atoms with Crippen molar-refractivity contribution in [1.82, 2.24) is 14.9 Å². The van der Waals surface area contributed by atoms with Gasteiger partial charge in [0.25, 0.3) is 0 Å². The van der Waals surface area contributed by atoms with Gasteiger partial charge >= 0.3 is 0 Å². The molecular formula is C20H27N3O2. The molecule has 1 aromatic heterocycles. The van der Waals surface area contributed by atoms with Crippen LogP contribution in [0.3, 0.4) is 0 Å². The molecule has 5 nitrogen and oxygen atoms in total. The third-order valence-electron chi connectivity index (χ3n) is 4.51. The van der Waals surface area contributed by atoms with Crippen LogP contribution in [0.25, 0.3) is 0 Å². The highest BCUT2D eigenvalue weighted by Crippen LogP contribution is 2.32. The summed E-state index contributed by atoms with van der Waals surface area (Å²) < 4.78 is 11.3. The van der Waals surface area contributed by atoms with Gasteiger partial charge in [-0.05, 0) is 13.0 Å². The molecule has 25 heavy (non-hydrogen) atoms. The second-order valence-corrected chi connectivity index (χ2v) is 6.70. The molecule has 1 aromatic carbocycles. The molecule has 0 saturated carbocycles. The van der Waals surface area contributed by atoms with Gasteiger partial charge in [-0.1, -0.05) is 26.0 Å². The standard InChI is InChI=1S/C20H27N3O2/c1-5-25-19-15(7-6-8-18(19)24-4)12-23-10-9-17-16(13-23)11-21-20(22-17)14(2)3/h6-8,11,14H,5,9-10,12-13H2,1-4H3. The van der Waals surface area contributed by atoms with Crippen LogP contribution in [-0.4, -0.2) is 35.1 Å². The number of aromatic nitrogens is 2. The van der Waals surface area contributed by atoms with E-state index in [9.17, 15) is 0 Å². The maximum absolute atomic E-state index is 5.84. The molecule has 1 aliphatic heterocycles. The van der Waals surface area contributed by atoms with E-state index in [1.165, 1.54) is 11.3 Å². The predicted molar refractivity (Wildman–Crippen MR) is 98.1 cm³/mol. The summed E-state index contributed by atoms with van der Waals surface area (Å²) in [7, 11) is 1.68. The van der Waals surface area contributed by atoms with E-state index >= 15 is 0 Å². The zero-order valence-corrected chi connectivity index (χ0v) is 15.6. The molecule has 0 aliphatic carbocycles. The molecule has 0 amide bonds. The van der Waals surface area contributed by atoms with Gasteiger partial charge in [0.1, 0.15) is 5.82 Å². The van der Waals surface area contributed by atoms with Crippen molar-refractivity contribution in [3.8, 4) is 11.5 Å². The fraction of sp³-hybridized carbons (Fsp3) is 0.500. The fourth-order valence-corrected chi connectivity index (χ4v) is 3.20. The van der Waals surface area contributed by atoms with Gasteiger partial charge in [-0.15, -0.1) is 0 Å². The second-order valence-electron chi connectivity index (χ2n) is 6.70. The van der Waals surface area contributed by atoms with Gasteiger partial charge in [0.15, 0.2) is 11.5 Å². The van der Waals surface area contributed by atoms with Crippen molar-refractivity contribution in [2.24, 2.45) is 0 Å². The third-order valence-corrected chi connectivity index (χ3v) is 4.51. The molecule has 5 heteroatoms. The highest BCUT2D eigenvalue weighted by Gasteiger charge is 2.21. The van der Waals surface area contributed by atoms with Crippen molar-refractivity contribution >= 4 is 0 Å². The SMILES string of the molecule is CCOc1c(CN2CCc3nc(C(C)C)ncc3C2)cccc1OC. The highest BCUT2D eigenvalue weighted by atomic mass is 16.5. The van der Waals surface area contributed by atoms with E-state index < -0.39 is 0 Å². The lowest BCUT2D eigenvalue weighted by Crippen LogP contribution is -2.31. The van der Waals surface area contributed by atoms with Gasteiger partial charge in [0, 0.05) is 55.0 Å². The summed E-state index contributed by atoms with van der Waals surface area (Å²) in [5, 5.41) is 0. The maximum Gasteiger partial charge on any atom is 0.165 e. The molecule has 0 unspecified atom stereocenters. The number of nitrogens with zero attached hydrogens (tertiary/aromatic N) is 3. The summed E-state index contributed by atoms with van der Waals surface area (Å²) >= 11 is 0.